The fourth-order valence-electron chi connectivity index (χ4n) is 3.95. The minimum Gasteiger partial charge on any atom is -0.489 e. The smallest absolute Gasteiger partial charge is 0.410 e. The van der Waals surface area contributed by atoms with Crippen molar-refractivity contribution in [1.29, 1.82) is 0 Å². The zero-order chi connectivity index (χ0) is 26.7. The number of hydrogen-bond donors (Lipinski definition) is 2. The Morgan fingerprint density at radius 2 is 1.39 bits per heavy atom. The molecule has 0 unspecified atom stereocenters. The molecule has 4 aromatic rings. The molecule has 2 amide bonds. The maximum Gasteiger partial charge on any atom is 0.410 e. The molecule has 0 aromatic heterocycles. The van der Waals surface area contributed by atoms with Crippen LogP contribution in [-0.4, -0.2) is 23.9 Å². The van der Waals surface area contributed by atoms with Crippen molar-refractivity contribution in [1.82, 2.24) is 4.90 Å². The molecule has 0 spiro atoms. The van der Waals surface area contributed by atoms with Crippen LogP contribution in [0.5, 0.6) is 5.75 Å². The van der Waals surface area contributed by atoms with Gasteiger partial charge in [-0.1, -0.05) is 84.9 Å². The van der Waals surface area contributed by atoms with E-state index in [1.54, 1.807) is 37.4 Å². The fraction of sp³-hybridized carbons (Fsp3) is 0.161. The number of nitrogens with one attached hydrogen (secondary N) is 1. The monoisotopic (exact) mass is 509 g/mol. The van der Waals surface area contributed by atoms with Gasteiger partial charge < -0.3 is 20.5 Å². The van der Waals surface area contributed by atoms with Gasteiger partial charge in [0.15, 0.2) is 0 Å². The second-order valence-electron chi connectivity index (χ2n) is 8.79. The van der Waals surface area contributed by atoms with Gasteiger partial charge in [0.2, 0.25) is 0 Å². The van der Waals surface area contributed by atoms with E-state index in [4.69, 9.17) is 15.2 Å². The van der Waals surface area contributed by atoms with Gasteiger partial charge in [-0.2, -0.15) is 0 Å². The van der Waals surface area contributed by atoms with E-state index < -0.39 is 12.1 Å². The van der Waals surface area contributed by atoms with Gasteiger partial charge in [0.25, 0.3) is 5.91 Å². The number of benzene rings is 4. The van der Waals surface area contributed by atoms with Gasteiger partial charge >= 0.3 is 6.09 Å². The molecule has 4 rings (SSSR count). The molecule has 1 atom stereocenters. The predicted octanol–water partition coefficient (Wildman–Crippen LogP) is 5.67. The molecule has 7 nitrogen and oxygen atoms in total. The number of rotatable bonds is 10. The van der Waals surface area contributed by atoms with Crippen LogP contribution in [0.15, 0.2) is 109 Å². The van der Waals surface area contributed by atoms with E-state index in [-0.39, 0.29) is 12.5 Å². The topological polar surface area (TPSA) is 93.9 Å². The van der Waals surface area contributed by atoms with Crippen LogP contribution in [0.3, 0.4) is 0 Å². The van der Waals surface area contributed by atoms with E-state index in [2.05, 4.69) is 5.32 Å². The molecule has 38 heavy (non-hydrogen) atoms. The number of anilines is 1. The van der Waals surface area contributed by atoms with E-state index in [9.17, 15) is 9.59 Å². The van der Waals surface area contributed by atoms with Crippen LogP contribution in [0.25, 0.3) is 0 Å². The van der Waals surface area contributed by atoms with Crippen molar-refractivity contribution < 1.29 is 19.1 Å². The van der Waals surface area contributed by atoms with Crippen molar-refractivity contribution in [2.45, 2.75) is 25.8 Å². The van der Waals surface area contributed by atoms with Crippen LogP contribution in [0.2, 0.25) is 0 Å². The molecule has 0 heterocycles. The summed E-state index contributed by atoms with van der Waals surface area (Å²) in [5.41, 5.74) is 9.75. The summed E-state index contributed by atoms with van der Waals surface area (Å²) in [6, 6.07) is 32.7. The number of likely N-dealkylation sites (N-methyl/N-ethyl adjacent to an activating group) is 1. The molecule has 0 fully saturated rings. The highest BCUT2D eigenvalue weighted by Crippen LogP contribution is 2.26. The summed E-state index contributed by atoms with van der Waals surface area (Å²) >= 11 is 0. The molecule has 0 aliphatic heterocycles. The fourth-order valence-corrected chi connectivity index (χ4v) is 3.95. The Labute approximate surface area is 222 Å². The zero-order valence-electron chi connectivity index (χ0n) is 21.2. The Morgan fingerprint density at radius 3 is 2.03 bits per heavy atom. The average Bonchev–Trinajstić information content (AvgIpc) is 2.96. The Kier molecular flexibility index (Phi) is 9.10. The first kappa shape index (κ1) is 26.4. The lowest BCUT2D eigenvalue weighted by Crippen LogP contribution is -2.39. The lowest BCUT2D eigenvalue weighted by molar-refractivity contribution is -0.120. The van der Waals surface area contributed by atoms with E-state index >= 15 is 0 Å². The third-order valence-corrected chi connectivity index (χ3v) is 6.00. The molecule has 0 radical (unpaired) electrons. The Bertz CT molecular complexity index is 1330. The molecule has 0 aliphatic carbocycles. The van der Waals surface area contributed by atoms with Gasteiger partial charge in [-0.05, 0) is 46.5 Å². The van der Waals surface area contributed by atoms with Crippen LogP contribution in [-0.2, 0) is 29.3 Å². The van der Waals surface area contributed by atoms with Gasteiger partial charge in [-0.3, -0.25) is 9.69 Å². The van der Waals surface area contributed by atoms with Gasteiger partial charge in [0.05, 0.1) is 0 Å². The number of nitrogens with zero attached hydrogens (tertiary/aromatic N) is 1. The highest BCUT2D eigenvalue weighted by atomic mass is 16.6. The Morgan fingerprint density at radius 1 is 0.789 bits per heavy atom. The molecule has 4 aromatic carbocycles. The standard InChI is InChI=1S/C31H31N3O4/c1-34(31(36)38-22-24-11-6-3-7-12-24)29(30(35)33-27-14-8-13-25(19-27)20-32)26-15-17-28(18-16-26)37-21-23-9-4-2-5-10-23/h2-19,29H,20-22,32H2,1H3,(H,33,35)/t29-/m0/s1. The van der Waals surface area contributed by atoms with Crippen molar-refractivity contribution in [2.75, 3.05) is 12.4 Å². The minimum atomic E-state index is -0.942. The summed E-state index contributed by atoms with van der Waals surface area (Å²) in [5.74, 6) is 0.276. The second-order valence-corrected chi connectivity index (χ2v) is 8.79. The highest BCUT2D eigenvalue weighted by Gasteiger charge is 2.30. The van der Waals surface area contributed by atoms with Gasteiger partial charge in [0, 0.05) is 19.3 Å². The average molecular weight is 510 g/mol. The summed E-state index contributed by atoms with van der Waals surface area (Å²) in [6.07, 6.45) is -0.617. The number of amides is 2. The van der Waals surface area contributed by atoms with E-state index in [1.807, 2.05) is 78.9 Å². The first-order valence-electron chi connectivity index (χ1n) is 12.3. The van der Waals surface area contributed by atoms with Gasteiger partial charge in [-0.15, -0.1) is 0 Å². The number of hydrogen-bond acceptors (Lipinski definition) is 5. The first-order chi connectivity index (χ1) is 18.5. The van der Waals surface area contributed by atoms with E-state index in [1.165, 1.54) is 4.90 Å². The SMILES string of the molecule is CN(C(=O)OCc1ccccc1)[C@H](C(=O)Nc1cccc(CN)c1)c1ccc(OCc2ccccc2)cc1. The van der Waals surface area contributed by atoms with Crippen LogP contribution < -0.4 is 15.8 Å². The molecule has 7 heteroatoms. The molecule has 0 aliphatic rings. The summed E-state index contributed by atoms with van der Waals surface area (Å²) in [6.45, 7) is 0.875. The third-order valence-electron chi connectivity index (χ3n) is 6.00. The van der Waals surface area contributed by atoms with Crippen LogP contribution in [0.4, 0.5) is 10.5 Å². The van der Waals surface area contributed by atoms with E-state index in [0.717, 1.165) is 16.7 Å². The number of ether oxygens (including phenoxy) is 2. The van der Waals surface area contributed by atoms with Crippen molar-refractivity contribution in [3.63, 3.8) is 0 Å². The molecular weight excluding hydrogens is 478 g/mol. The lowest BCUT2D eigenvalue weighted by Gasteiger charge is -2.27. The van der Waals surface area contributed by atoms with Crippen LogP contribution in [0, 0.1) is 0 Å². The third kappa shape index (κ3) is 7.21. The normalized spacial score (nSPS) is 11.3. The maximum absolute atomic E-state index is 13.5. The van der Waals surface area contributed by atoms with Crippen molar-refractivity contribution in [3.05, 3.63) is 131 Å². The van der Waals surface area contributed by atoms with Gasteiger partial charge in [0.1, 0.15) is 25.0 Å². The zero-order valence-corrected chi connectivity index (χ0v) is 21.2. The molecule has 194 valence electrons. The highest BCUT2D eigenvalue weighted by molar-refractivity contribution is 5.97. The summed E-state index contributed by atoms with van der Waals surface area (Å²) in [4.78, 5) is 27.8. The van der Waals surface area contributed by atoms with Crippen molar-refractivity contribution in [2.24, 2.45) is 5.73 Å². The van der Waals surface area contributed by atoms with Crippen molar-refractivity contribution in [3.8, 4) is 5.75 Å². The Hall–Kier alpha value is -4.62. The molecule has 0 saturated carbocycles. The quantitative estimate of drug-likeness (QED) is 0.287. The maximum atomic E-state index is 13.5. The number of carbonyl (C=O) groups excluding carboxylic acids is 2. The van der Waals surface area contributed by atoms with Crippen LogP contribution >= 0.6 is 0 Å². The molecule has 3 N–H and O–H groups in total. The van der Waals surface area contributed by atoms with E-state index in [0.29, 0.717) is 30.2 Å². The first-order valence-corrected chi connectivity index (χ1v) is 12.3. The summed E-state index contributed by atoms with van der Waals surface area (Å²) in [5, 5.41) is 2.91. The molecular formula is C31H31N3O4. The number of carbonyl (C=O) groups is 2. The minimum absolute atomic E-state index is 0.100. The number of nitrogens with two attached hydrogens (primary N) is 1. The molecule has 0 saturated heterocycles. The largest absolute Gasteiger partial charge is 0.489 e. The lowest BCUT2D eigenvalue weighted by atomic mass is 10.0. The molecule has 0 bridgehead atoms. The predicted molar refractivity (Wildman–Crippen MR) is 147 cm³/mol. The summed E-state index contributed by atoms with van der Waals surface area (Å²) < 4.78 is 11.4. The van der Waals surface area contributed by atoms with Crippen LogP contribution in [0.1, 0.15) is 28.3 Å². The summed E-state index contributed by atoms with van der Waals surface area (Å²) in [7, 11) is 1.55. The Balaban J connectivity index is 1.51. The van der Waals surface area contributed by atoms with Crippen molar-refractivity contribution >= 4 is 17.7 Å². The van der Waals surface area contributed by atoms with Gasteiger partial charge in [-0.25, -0.2) is 4.79 Å². The second kappa shape index (κ2) is 13.1.